The van der Waals surface area contributed by atoms with Gasteiger partial charge in [0.05, 0.1) is 18.7 Å². The van der Waals surface area contributed by atoms with Crippen LogP contribution in [0.25, 0.3) is 5.76 Å². The number of carbonyl (C=O) groups is 2. The molecule has 0 bridgehead atoms. The number of aliphatic hydroxyl groups excluding tert-OH is 1. The number of Topliss-reactive ketones (excluding diaryl/α,β-unsaturated/α-hetero) is 1. The molecule has 1 atom stereocenters. The van der Waals surface area contributed by atoms with E-state index in [1.807, 2.05) is 30.3 Å². The van der Waals surface area contributed by atoms with Gasteiger partial charge in [-0.1, -0.05) is 54.1 Å². The fraction of sp³-hybridized carbons (Fsp3) is 0.154. The van der Waals surface area contributed by atoms with E-state index in [0.717, 1.165) is 5.56 Å². The molecule has 0 radical (unpaired) electrons. The Morgan fingerprint density at radius 1 is 0.969 bits per heavy atom. The molecule has 6 heteroatoms. The number of likely N-dealkylation sites (tertiary alicyclic amines) is 1. The van der Waals surface area contributed by atoms with Crippen LogP contribution in [0.1, 0.15) is 22.7 Å². The predicted octanol–water partition coefficient (Wildman–Crippen LogP) is 5.01. The normalized spacial score (nSPS) is 17.6. The summed E-state index contributed by atoms with van der Waals surface area (Å²) in [6.07, 6.45) is 0.584. The van der Waals surface area contributed by atoms with Crippen molar-refractivity contribution in [2.24, 2.45) is 0 Å². The van der Waals surface area contributed by atoms with Crippen molar-refractivity contribution >= 4 is 29.1 Å². The molecule has 1 aliphatic heterocycles. The Bertz CT molecular complexity index is 1150. The lowest BCUT2D eigenvalue weighted by atomic mass is 9.95. The van der Waals surface area contributed by atoms with Crippen LogP contribution in [0.3, 0.4) is 0 Å². The molecule has 1 saturated heterocycles. The van der Waals surface area contributed by atoms with Crippen molar-refractivity contribution in [3.8, 4) is 5.75 Å². The zero-order chi connectivity index (χ0) is 22.7. The number of halogens is 1. The van der Waals surface area contributed by atoms with Gasteiger partial charge in [-0.05, 0) is 53.9 Å². The molecule has 1 unspecified atom stereocenters. The van der Waals surface area contributed by atoms with Gasteiger partial charge in [0, 0.05) is 17.1 Å². The summed E-state index contributed by atoms with van der Waals surface area (Å²) < 4.78 is 5.17. The molecule has 5 nitrogen and oxygen atoms in total. The molecule has 0 aromatic heterocycles. The molecule has 4 rings (SSSR count). The van der Waals surface area contributed by atoms with Crippen molar-refractivity contribution in [3.63, 3.8) is 0 Å². The molecule has 1 fully saturated rings. The molecule has 3 aromatic carbocycles. The number of carbonyl (C=O) groups excluding carboxylic acids is 2. The van der Waals surface area contributed by atoms with Crippen LogP contribution >= 0.6 is 11.6 Å². The van der Waals surface area contributed by atoms with E-state index in [1.165, 1.54) is 4.90 Å². The Hall–Kier alpha value is -3.57. The summed E-state index contributed by atoms with van der Waals surface area (Å²) in [5.74, 6) is -0.922. The Balaban J connectivity index is 1.77. The molecule has 1 N–H and O–H groups in total. The molecule has 32 heavy (non-hydrogen) atoms. The van der Waals surface area contributed by atoms with Gasteiger partial charge >= 0.3 is 0 Å². The van der Waals surface area contributed by atoms with Gasteiger partial charge in [0.25, 0.3) is 11.7 Å². The highest BCUT2D eigenvalue weighted by Crippen LogP contribution is 2.39. The number of benzene rings is 3. The summed E-state index contributed by atoms with van der Waals surface area (Å²) in [5, 5.41) is 11.6. The number of ether oxygens (including phenoxy) is 1. The van der Waals surface area contributed by atoms with Gasteiger partial charge in [0.2, 0.25) is 0 Å². The van der Waals surface area contributed by atoms with Crippen LogP contribution < -0.4 is 4.74 Å². The first-order chi connectivity index (χ1) is 15.5. The zero-order valence-electron chi connectivity index (χ0n) is 17.5. The van der Waals surface area contributed by atoms with Gasteiger partial charge in [-0.2, -0.15) is 0 Å². The third-order valence-corrected chi connectivity index (χ3v) is 5.83. The van der Waals surface area contributed by atoms with E-state index in [-0.39, 0.29) is 11.3 Å². The highest BCUT2D eigenvalue weighted by molar-refractivity contribution is 6.46. The van der Waals surface area contributed by atoms with Crippen molar-refractivity contribution in [2.45, 2.75) is 12.5 Å². The van der Waals surface area contributed by atoms with Gasteiger partial charge in [-0.15, -0.1) is 0 Å². The molecule has 3 aromatic rings. The van der Waals surface area contributed by atoms with E-state index >= 15 is 0 Å². The summed E-state index contributed by atoms with van der Waals surface area (Å²) >= 11 is 6.06. The van der Waals surface area contributed by atoms with Gasteiger partial charge in [-0.25, -0.2) is 0 Å². The van der Waals surface area contributed by atoms with E-state index in [9.17, 15) is 14.7 Å². The topological polar surface area (TPSA) is 66.8 Å². The van der Waals surface area contributed by atoms with Gasteiger partial charge in [0.15, 0.2) is 0 Å². The SMILES string of the molecule is COc1ccc(/C(O)=C2/C(=O)C(=O)N(CCc3ccccc3)C2c2ccc(Cl)cc2)cc1. The summed E-state index contributed by atoms with van der Waals surface area (Å²) in [5.41, 5.74) is 2.26. The Morgan fingerprint density at radius 3 is 2.25 bits per heavy atom. The molecule has 0 saturated carbocycles. The maximum absolute atomic E-state index is 13.1. The van der Waals surface area contributed by atoms with Gasteiger partial charge in [-0.3, -0.25) is 9.59 Å². The molecule has 1 heterocycles. The smallest absolute Gasteiger partial charge is 0.295 e. The molecular weight excluding hydrogens is 426 g/mol. The number of amides is 1. The number of nitrogens with zero attached hydrogens (tertiary/aromatic N) is 1. The van der Waals surface area contributed by atoms with Crippen LogP contribution in [0, 0.1) is 0 Å². The highest BCUT2D eigenvalue weighted by Gasteiger charge is 2.45. The fourth-order valence-corrected chi connectivity index (χ4v) is 4.03. The minimum atomic E-state index is -0.710. The lowest BCUT2D eigenvalue weighted by Gasteiger charge is -2.25. The van der Waals surface area contributed by atoms with Gasteiger partial charge < -0.3 is 14.7 Å². The first-order valence-corrected chi connectivity index (χ1v) is 10.6. The number of rotatable bonds is 6. The van der Waals surface area contributed by atoms with Crippen molar-refractivity contribution in [1.29, 1.82) is 0 Å². The van der Waals surface area contributed by atoms with E-state index < -0.39 is 17.7 Å². The van der Waals surface area contributed by atoms with E-state index in [1.54, 1.807) is 55.6 Å². The molecule has 162 valence electrons. The van der Waals surface area contributed by atoms with Crippen LogP contribution in [0.4, 0.5) is 0 Å². The van der Waals surface area contributed by atoms with Crippen molar-refractivity contribution in [2.75, 3.05) is 13.7 Å². The van der Waals surface area contributed by atoms with E-state index in [2.05, 4.69) is 0 Å². The van der Waals surface area contributed by atoms with E-state index in [0.29, 0.717) is 34.9 Å². The second-order valence-corrected chi connectivity index (χ2v) is 7.94. The van der Waals surface area contributed by atoms with Crippen molar-refractivity contribution in [1.82, 2.24) is 4.90 Å². The number of hydrogen-bond donors (Lipinski definition) is 1. The first kappa shape index (κ1) is 21.7. The standard InChI is InChI=1S/C26H22ClNO4/c1-32-21-13-9-19(10-14-21)24(29)22-23(18-7-11-20(27)12-8-18)28(26(31)25(22)30)16-15-17-5-3-2-4-6-17/h2-14,23,29H,15-16H2,1H3/b24-22-. The Morgan fingerprint density at radius 2 is 1.62 bits per heavy atom. The summed E-state index contributed by atoms with van der Waals surface area (Å²) in [4.78, 5) is 27.6. The second-order valence-electron chi connectivity index (χ2n) is 7.51. The van der Waals surface area contributed by atoms with Crippen LogP contribution in [-0.2, 0) is 16.0 Å². The molecule has 1 aliphatic rings. The van der Waals surface area contributed by atoms with Crippen molar-refractivity contribution in [3.05, 3.63) is 106 Å². The van der Waals surface area contributed by atoms with Crippen LogP contribution in [0.5, 0.6) is 5.75 Å². The third-order valence-electron chi connectivity index (χ3n) is 5.57. The minimum Gasteiger partial charge on any atom is -0.507 e. The zero-order valence-corrected chi connectivity index (χ0v) is 18.3. The quantitative estimate of drug-likeness (QED) is 0.327. The average molecular weight is 448 g/mol. The average Bonchev–Trinajstić information content (AvgIpc) is 3.08. The van der Waals surface area contributed by atoms with Crippen molar-refractivity contribution < 1.29 is 19.4 Å². The summed E-state index contributed by atoms with van der Waals surface area (Å²) in [7, 11) is 1.55. The fourth-order valence-electron chi connectivity index (χ4n) is 3.90. The van der Waals surface area contributed by atoms with Crippen LogP contribution in [-0.4, -0.2) is 35.4 Å². The number of hydrogen-bond acceptors (Lipinski definition) is 4. The molecule has 0 spiro atoms. The summed E-state index contributed by atoms with van der Waals surface area (Å²) in [6, 6.07) is 22.7. The first-order valence-electron chi connectivity index (χ1n) is 10.2. The molecule has 0 aliphatic carbocycles. The minimum absolute atomic E-state index is 0.0653. The lowest BCUT2D eigenvalue weighted by molar-refractivity contribution is -0.139. The number of ketones is 1. The monoisotopic (exact) mass is 447 g/mol. The largest absolute Gasteiger partial charge is 0.507 e. The van der Waals surface area contributed by atoms with Crippen LogP contribution in [0.2, 0.25) is 5.02 Å². The number of aliphatic hydroxyl groups is 1. The summed E-state index contributed by atoms with van der Waals surface area (Å²) in [6.45, 7) is 0.335. The molecule has 1 amide bonds. The third kappa shape index (κ3) is 4.25. The maximum atomic E-state index is 13.1. The Kier molecular flexibility index (Phi) is 6.28. The number of methoxy groups -OCH3 is 1. The van der Waals surface area contributed by atoms with Crippen LogP contribution in [0.15, 0.2) is 84.4 Å². The predicted molar refractivity (Wildman–Crippen MR) is 124 cm³/mol. The highest BCUT2D eigenvalue weighted by atomic mass is 35.5. The second kappa shape index (κ2) is 9.28. The van der Waals surface area contributed by atoms with E-state index in [4.69, 9.17) is 16.3 Å². The van der Waals surface area contributed by atoms with Gasteiger partial charge in [0.1, 0.15) is 11.5 Å². The maximum Gasteiger partial charge on any atom is 0.295 e. The molecular formula is C26H22ClNO4. The lowest BCUT2D eigenvalue weighted by Crippen LogP contribution is -2.31. The Labute approximate surface area is 191 Å².